The number of amides is 4. The number of aromatic carboxylic acids is 1. The minimum absolute atomic E-state index is 0. The topological polar surface area (TPSA) is 283 Å². The molecule has 8 rings (SSSR count). The molecule has 6 aromatic rings. The zero-order chi connectivity index (χ0) is 66.1. The number of carboxylic acid groups (broad SMARTS) is 1. The maximum Gasteiger partial charge on any atom is 1.00 e. The Hall–Kier alpha value is -8.24. The van der Waals surface area contributed by atoms with E-state index in [9.17, 15) is 43.5 Å². The summed E-state index contributed by atoms with van der Waals surface area (Å²) >= 11 is 0. The molecule has 0 aliphatic carbocycles. The number of hydrogen-bond donors (Lipinski definition) is 5. The maximum absolute atomic E-state index is 13.8. The number of carbonyl (C=O) groups is 6. The average molecular weight is 1270 g/mol. The normalized spacial score (nSPS) is 14.4. The number of aryl methyl sites for hydroxylation is 4. The van der Waals surface area contributed by atoms with Gasteiger partial charge in [0, 0.05) is 109 Å². The SMILES string of the molecule is CCN(c1cc(-c2ccc(C(=O)O)cc2)cc(C(=O)NCc2c(C)cc(C)[nH]c2=O)c1C)C1CCN(C(=O)OC(C)(C)C)C1.CCOC(=O)c1ccc(-c2cc(C(=O)NCc3c(C)cc(C)[nH]c3=O)c(C)c(N(CC)C3CCN(C(=O)OC(C)(C)C)C3)c2)cc1.[Na+].[OH-]. The quantitative estimate of drug-likeness (QED) is 0.0327. The molecule has 0 saturated carbocycles. The Bertz CT molecular complexity index is 3770. The largest absolute Gasteiger partial charge is 1.00 e. The van der Waals surface area contributed by atoms with Crippen LogP contribution in [0.5, 0.6) is 0 Å². The van der Waals surface area contributed by atoms with E-state index in [4.69, 9.17) is 14.2 Å². The zero-order valence-corrected chi connectivity index (χ0v) is 58.2. The molecule has 2 unspecified atom stereocenters. The number of anilines is 2. The molecule has 4 heterocycles. The zero-order valence-electron chi connectivity index (χ0n) is 56.2. The number of H-pyrrole nitrogens is 2. The van der Waals surface area contributed by atoms with Crippen molar-refractivity contribution in [2.45, 2.75) is 153 Å². The smallest absolute Gasteiger partial charge is 0.870 e. The number of pyridine rings is 2. The van der Waals surface area contributed by atoms with Gasteiger partial charge >= 0.3 is 53.7 Å². The van der Waals surface area contributed by atoms with Crippen LogP contribution in [0, 0.1) is 41.5 Å². The van der Waals surface area contributed by atoms with Gasteiger partial charge in [-0.25, -0.2) is 19.2 Å². The molecule has 0 bridgehead atoms. The minimum Gasteiger partial charge on any atom is -0.870 e. The number of nitrogens with zero attached hydrogens (tertiary/aromatic N) is 4. The van der Waals surface area contributed by atoms with Gasteiger partial charge in [0.05, 0.1) is 17.7 Å². The van der Waals surface area contributed by atoms with Crippen molar-refractivity contribution in [1.82, 2.24) is 30.4 Å². The number of likely N-dealkylation sites (tertiary alicyclic amines) is 2. The summed E-state index contributed by atoms with van der Waals surface area (Å²) in [5.41, 5.74) is 10.4. The molecule has 22 heteroatoms. The number of carbonyl (C=O) groups excluding carboxylic acids is 5. The third-order valence-corrected chi connectivity index (χ3v) is 16.1. The third-order valence-electron chi connectivity index (χ3n) is 16.1. The van der Waals surface area contributed by atoms with Gasteiger partial charge in [0.1, 0.15) is 11.2 Å². The van der Waals surface area contributed by atoms with E-state index in [0.717, 1.165) is 80.1 Å². The summed E-state index contributed by atoms with van der Waals surface area (Å²) in [4.78, 5) is 116. The van der Waals surface area contributed by atoms with Crippen molar-refractivity contribution in [2.75, 3.05) is 55.7 Å². The Morgan fingerprint density at radius 3 is 1.26 bits per heavy atom. The van der Waals surface area contributed by atoms with Crippen LogP contribution in [0.4, 0.5) is 21.0 Å². The number of esters is 1. The number of benzene rings is 4. The fourth-order valence-corrected chi connectivity index (χ4v) is 11.6. The Labute approximate surface area is 561 Å². The van der Waals surface area contributed by atoms with Crippen LogP contribution in [-0.4, -0.2) is 135 Å². The first-order chi connectivity index (χ1) is 42.4. The number of carboxylic acids is 1. The molecule has 2 saturated heterocycles. The van der Waals surface area contributed by atoms with Gasteiger partial charge in [0.2, 0.25) is 0 Å². The van der Waals surface area contributed by atoms with E-state index < -0.39 is 23.1 Å². The first kappa shape index (κ1) is 74.5. The Morgan fingerprint density at radius 1 is 0.565 bits per heavy atom. The molecule has 4 aromatic carbocycles. The van der Waals surface area contributed by atoms with Gasteiger partial charge in [0.25, 0.3) is 22.9 Å². The van der Waals surface area contributed by atoms with Gasteiger partial charge in [-0.2, -0.15) is 0 Å². The van der Waals surface area contributed by atoms with Crippen LogP contribution in [0.3, 0.4) is 0 Å². The van der Waals surface area contributed by atoms with Crippen molar-refractivity contribution < 1.29 is 83.1 Å². The molecule has 92 heavy (non-hydrogen) atoms. The van der Waals surface area contributed by atoms with Crippen molar-refractivity contribution in [1.29, 1.82) is 0 Å². The van der Waals surface area contributed by atoms with Gasteiger partial charge in [-0.1, -0.05) is 24.3 Å². The van der Waals surface area contributed by atoms with Crippen molar-refractivity contribution in [3.8, 4) is 22.3 Å². The van der Waals surface area contributed by atoms with Gasteiger partial charge in [-0.15, -0.1) is 0 Å². The summed E-state index contributed by atoms with van der Waals surface area (Å²) in [7, 11) is 0. The molecular formula is C70H89N8NaO13. The Balaban J connectivity index is 0.000000327. The van der Waals surface area contributed by atoms with Gasteiger partial charge in [-0.05, 0) is 222 Å². The summed E-state index contributed by atoms with van der Waals surface area (Å²) < 4.78 is 16.4. The van der Waals surface area contributed by atoms with Crippen LogP contribution in [-0.2, 0) is 27.3 Å². The number of likely N-dealkylation sites (N-methyl/N-ethyl adjacent to an activating group) is 2. The summed E-state index contributed by atoms with van der Waals surface area (Å²) in [5.74, 6) is -2.05. The summed E-state index contributed by atoms with van der Waals surface area (Å²) in [5, 5.41) is 15.3. The van der Waals surface area contributed by atoms with E-state index in [-0.39, 0.29) is 107 Å². The maximum atomic E-state index is 13.8. The molecule has 2 aliphatic heterocycles. The number of aromatic amines is 2. The number of nitrogens with one attached hydrogen (secondary N) is 4. The van der Waals surface area contributed by atoms with E-state index in [0.29, 0.717) is 67.1 Å². The van der Waals surface area contributed by atoms with Crippen LogP contribution < -0.4 is 61.1 Å². The van der Waals surface area contributed by atoms with Crippen molar-refractivity contribution in [2.24, 2.45) is 0 Å². The van der Waals surface area contributed by atoms with E-state index in [1.807, 2.05) is 126 Å². The molecule has 0 spiro atoms. The van der Waals surface area contributed by atoms with Crippen LogP contribution in [0.1, 0.15) is 161 Å². The first-order valence-corrected chi connectivity index (χ1v) is 30.7. The molecular weight excluding hydrogens is 1180 g/mol. The van der Waals surface area contributed by atoms with Gasteiger partial charge < -0.3 is 65.0 Å². The fraction of sp³-hybridized carbons (Fsp3) is 0.429. The molecule has 2 atom stereocenters. The van der Waals surface area contributed by atoms with E-state index in [2.05, 4.69) is 43.4 Å². The summed E-state index contributed by atoms with van der Waals surface area (Å²) in [6.07, 6.45) is 0.810. The number of hydrogen-bond acceptors (Lipinski definition) is 14. The van der Waals surface area contributed by atoms with Crippen LogP contribution in [0.25, 0.3) is 22.3 Å². The number of rotatable bonds is 17. The fourth-order valence-electron chi connectivity index (χ4n) is 11.6. The first-order valence-electron chi connectivity index (χ1n) is 30.7. The molecule has 2 aromatic heterocycles. The minimum atomic E-state index is -1.02. The van der Waals surface area contributed by atoms with Gasteiger partial charge in [0.15, 0.2) is 0 Å². The molecule has 21 nitrogen and oxygen atoms in total. The summed E-state index contributed by atoms with van der Waals surface area (Å²) in [6, 6.07) is 25.1. The molecule has 6 N–H and O–H groups in total. The second-order valence-electron chi connectivity index (χ2n) is 25.1. The van der Waals surface area contributed by atoms with Crippen LogP contribution >= 0.6 is 0 Å². The predicted molar refractivity (Wildman–Crippen MR) is 352 cm³/mol. The van der Waals surface area contributed by atoms with Crippen molar-refractivity contribution >= 4 is 47.3 Å². The molecule has 0 radical (unpaired) electrons. The average Bonchev–Trinajstić information content (AvgIpc) is 1.13. The number of ether oxygens (including phenoxy) is 3. The molecule has 2 aliphatic rings. The Morgan fingerprint density at radius 2 is 0.935 bits per heavy atom. The monoisotopic (exact) mass is 1270 g/mol. The van der Waals surface area contributed by atoms with E-state index in [1.54, 1.807) is 47.1 Å². The Kier molecular flexibility index (Phi) is 25.8. The van der Waals surface area contributed by atoms with Crippen molar-refractivity contribution in [3.63, 3.8) is 0 Å². The predicted octanol–water partition coefficient (Wildman–Crippen LogP) is 8.17. The van der Waals surface area contributed by atoms with E-state index in [1.165, 1.54) is 12.1 Å². The van der Waals surface area contributed by atoms with Crippen LogP contribution in [0.15, 0.2) is 94.5 Å². The van der Waals surface area contributed by atoms with Crippen LogP contribution in [0.2, 0.25) is 0 Å². The third kappa shape index (κ3) is 18.7. The molecule has 4 amide bonds. The standard InChI is InChI=1S/C36H46N4O6.C34H42N4O6.Na.H2O/c1-9-40(28-15-16-39(21-28)35(44)46-36(6,7)8)31-19-27(25-11-13-26(14-12-25)34(43)45-10-2)18-29(24(31)5)32(41)37-20-30-22(3)17-23(4)38-33(30)42;1-8-38(26-13-14-37(19-26)33(43)44-34(5,6)7)29-17-25(23-9-11-24(12-10-23)32(41)42)16-27(22(29)4)30(39)35-18-28-20(2)15-21(3)36-31(28)40;;/h11-14,17-19,28H,9-10,15-16,20-21H2,1-8H3,(H,37,41)(H,38,42);9-12,15-17,26H,8,13-14,18-19H2,1-7H3,(H,35,39)(H,36,40)(H,41,42);;1H2/q;;+1;/p-1. The second kappa shape index (κ2) is 31.9. The van der Waals surface area contributed by atoms with Crippen molar-refractivity contribution in [3.05, 3.63) is 173 Å². The molecule has 488 valence electrons. The summed E-state index contributed by atoms with van der Waals surface area (Å²) in [6.45, 7) is 31.9. The van der Waals surface area contributed by atoms with E-state index >= 15 is 0 Å². The number of aromatic nitrogens is 2. The molecule has 2 fully saturated rings. The second-order valence-corrected chi connectivity index (χ2v) is 25.1. The van der Waals surface area contributed by atoms with Gasteiger partial charge in [-0.3, -0.25) is 19.2 Å².